The minimum Gasteiger partial charge on any atom is -0.312 e. The summed E-state index contributed by atoms with van der Waals surface area (Å²) >= 11 is 0. The zero-order valence-corrected chi connectivity index (χ0v) is 15.6. The fraction of sp³-hybridized carbons (Fsp3) is 0.391. The molecule has 2 fully saturated rings. The summed E-state index contributed by atoms with van der Waals surface area (Å²) < 4.78 is 0. The molecule has 0 spiro atoms. The van der Waals surface area contributed by atoms with Gasteiger partial charge in [-0.2, -0.15) is 5.26 Å². The van der Waals surface area contributed by atoms with Gasteiger partial charge in [-0.05, 0) is 49.5 Å². The summed E-state index contributed by atoms with van der Waals surface area (Å²) in [5.74, 6) is 0.586. The minimum absolute atomic E-state index is 0.221. The van der Waals surface area contributed by atoms with Gasteiger partial charge in [-0.1, -0.05) is 48.5 Å². The Morgan fingerprint density at radius 3 is 2.26 bits per heavy atom. The molecule has 4 nitrogen and oxygen atoms in total. The number of piperidine rings is 1. The van der Waals surface area contributed by atoms with Crippen LogP contribution in [-0.4, -0.2) is 37.0 Å². The van der Waals surface area contributed by atoms with Crippen LogP contribution in [0.2, 0.25) is 0 Å². The summed E-state index contributed by atoms with van der Waals surface area (Å²) in [6.07, 6.45) is 2.33. The number of rotatable bonds is 4. The highest BCUT2D eigenvalue weighted by Crippen LogP contribution is 2.35. The molecule has 1 atom stereocenters. The molecule has 0 radical (unpaired) electrons. The Morgan fingerprint density at radius 2 is 1.63 bits per heavy atom. The van der Waals surface area contributed by atoms with Crippen molar-refractivity contribution in [3.8, 4) is 6.07 Å². The van der Waals surface area contributed by atoms with Crippen LogP contribution in [0.3, 0.4) is 0 Å². The number of carbonyl (C=O) groups excluding carboxylic acids is 1. The van der Waals surface area contributed by atoms with Gasteiger partial charge in [0.05, 0.1) is 11.5 Å². The van der Waals surface area contributed by atoms with Crippen molar-refractivity contribution < 1.29 is 4.79 Å². The second-order valence-corrected chi connectivity index (χ2v) is 7.77. The normalized spacial score (nSPS) is 22.6. The molecule has 4 heteroatoms. The molecule has 0 N–H and O–H groups in total. The van der Waals surface area contributed by atoms with E-state index < -0.39 is 0 Å². The van der Waals surface area contributed by atoms with E-state index in [-0.39, 0.29) is 11.3 Å². The average molecular weight is 359 g/mol. The third kappa shape index (κ3) is 3.61. The first-order valence-corrected chi connectivity index (χ1v) is 9.75. The van der Waals surface area contributed by atoms with Crippen molar-refractivity contribution >= 4 is 11.6 Å². The van der Waals surface area contributed by atoms with Crippen LogP contribution < -0.4 is 4.90 Å². The van der Waals surface area contributed by atoms with E-state index in [1.165, 1.54) is 0 Å². The molecule has 0 aliphatic carbocycles. The highest BCUT2D eigenvalue weighted by molar-refractivity contribution is 5.95. The van der Waals surface area contributed by atoms with E-state index in [2.05, 4.69) is 23.1 Å². The van der Waals surface area contributed by atoms with Crippen molar-refractivity contribution in [2.45, 2.75) is 24.7 Å². The molecule has 0 bridgehead atoms. The molecule has 0 saturated carbocycles. The van der Waals surface area contributed by atoms with Gasteiger partial charge in [0, 0.05) is 25.2 Å². The lowest BCUT2D eigenvalue weighted by Crippen LogP contribution is -2.44. The lowest BCUT2D eigenvalue weighted by atomic mass is 9.74. The number of nitriles is 1. The molecule has 2 heterocycles. The number of benzene rings is 2. The van der Waals surface area contributed by atoms with Crippen molar-refractivity contribution in [3.63, 3.8) is 0 Å². The van der Waals surface area contributed by atoms with Crippen LogP contribution in [0.5, 0.6) is 0 Å². The third-order valence-electron chi connectivity index (χ3n) is 6.04. The molecule has 2 saturated heterocycles. The predicted octanol–water partition coefficient (Wildman–Crippen LogP) is 3.60. The Morgan fingerprint density at radius 1 is 1.00 bits per heavy atom. The number of hydrogen-bond acceptors (Lipinski definition) is 3. The monoisotopic (exact) mass is 359 g/mol. The Kier molecular flexibility index (Phi) is 4.96. The first kappa shape index (κ1) is 17.8. The molecule has 4 rings (SSSR count). The van der Waals surface area contributed by atoms with Gasteiger partial charge in [0.2, 0.25) is 5.91 Å². The van der Waals surface area contributed by atoms with Crippen molar-refractivity contribution in [3.05, 3.63) is 66.2 Å². The summed E-state index contributed by atoms with van der Waals surface area (Å²) in [5.41, 5.74) is 1.77. The number of para-hydroxylation sites is 1. The Hall–Kier alpha value is -2.64. The van der Waals surface area contributed by atoms with E-state index in [9.17, 15) is 10.1 Å². The van der Waals surface area contributed by atoms with Gasteiger partial charge < -0.3 is 9.80 Å². The SMILES string of the molecule is N#CC1(c2ccccc2)CCN(C[C@H]2CC(=O)N(c3ccccc3)C2)CC1. The first-order chi connectivity index (χ1) is 13.2. The average Bonchev–Trinajstić information content (AvgIpc) is 3.10. The van der Waals surface area contributed by atoms with E-state index >= 15 is 0 Å². The second-order valence-electron chi connectivity index (χ2n) is 7.77. The smallest absolute Gasteiger partial charge is 0.227 e. The molecule has 2 aromatic carbocycles. The molecule has 1 amide bonds. The molecule has 27 heavy (non-hydrogen) atoms. The van der Waals surface area contributed by atoms with Gasteiger partial charge in [0.25, 0.3) is 0 Å². The van der Waals surface area contributed by atoms with Gasteiger partial charge in [0.15, 0.2) is 0 Å². The standard InChI is InChI=1S/C23H25N3O/c24-18-23(20-7-3-1-4-8-20)11-13-25(14-12-23)16-19-15-22(27)26(17-19)21-9-5-2-6-10-21/h1-10,19H,11-17H2/t19-/m1/s1. The molecule has 138 valence electrons. The van der Waals surface area contributed by atoms with E-state index in [0.717, 1.165) is 50.3 Å². The number of amides is 1. The van der Waals surface area contributed by atoms with Gasteiger partial charge in [-0.3, -0.25) is 4.79 Å². The maximum atomic E-state index is 12.4. The molecule has 0 unspecified atom stereocenters. The van der Waals surface area contributed by atoms with E-state index in [0.29, 0.717) is 12.3 Å². The summed E-state index contributed by atoms with van der Waals surface area (Å²) in [6, 6.07) is 22.7. The quantitative estimate of drug-likeness (QED) is 0.838. The number of carbonyl (C=O) groups is 1. The fourth-order valence-electron chi connectivity index (χ4n) is 4.47. The first-order valence-electron chi connectivity index (χ1n) is 9.75. The van der Waals surface area contributed by atoms with Crippen LogP contribution in [0, 0.1) is 17.2 Å². The van der Waals surface area contributed by atoms with Gasteiger partial charge in [-0.25, -0.2) is 0 Å². The highest BCUT2D eigenvalue weighted by atomic mass is 16.2. The topological polar surface area (TPSA) is 47.3 Å². The van der Waals surface area contributed by atoms with Crippen molar-refractivity contribution in [2.75, 3.05) is 31.1 Å². The summed E-state index contributed by atoms with van der Waals surface area (Å²) in [7, 11) is 0. The van der Waals surface area contributed by atoms with Gasteiger partial charge in [-0.15, -0.1) is 0 Å². The van der Waals surface area contributed by atoms with Crippen LogP contribution in [0.25, 0.3) is 0 Å². The van der Waals surface area contributed by atoms with Crippen LogP contribution in [0.4, 0.5) is 5.69 Å². The summed E-state index contributed by atoms with van der Waals surface area (Å²) in [5, 5.41) is 9.84. The van der Waals surface area contributed by atoms with Gasteiger partial charge in [0.1, 0.15) is 0 Å². The van der Waals surface area contributed by atoms with E-state index in [1.807, 2.05) is 53.4 Å². The van der Waals surface area contributed by atoms with Crippen LogP contribution in [-0.2, 0) is 10.2 Å². The highest BCUT2D eigenvalue weighted by Gasteiger charge is 2.38. The number of hydrogen-bond donors (Lipinski definition) is 0. The predicted molar refractivity (Wildman–Crippen MR) is 106 cm³/mol. The zero-order chi connectivity index (χ0) is 18.7. The lowest BCUT2D eigenvalue weighted by molar-refractivity contribution is -0.117. The maximum Gasteiger partial charge on any atom is 0.227 e. The van der Waals surface area contributed by atoms with Crippen LogP contribution in [0.15, 0.2) is 60.7 Å². The van der Waals surface area contributed by atoms with Gasteiger partial charge >= 0.3 is 0 Å². The molecular formula is C23H25N3O. The van der Waals surface area contributed by atoms with Crippen molar-refractivity contribution in [1.82, 2.24) is 4.90 Å². The van der Waals surface area contributed by atoms with Crippen LogP contribution in [0.1, 0.15) is 24.8 Å². The summed E-state index contributed by atoms with van der Waals surface area (Å²) in [4.78, 5) is 16.8. The molecule has 0 aromatic heterocycles. The largest absolute Gasteiger partial charge is 0.312 e. The maximum absolute atomic E-state index is 12.4. The second kappa shape index (κ2) is 7.54. The molecule has 2 aliphatic rings. The van der Waals surface area contributed by atoms with E-state index in [4.69, 9.17) is 0 Å². The van der Waals surface area contributed by atoms with Crippen LogP contribution >= 0.6 is 0 Å². The number of nitrogens with zero attached hydrogens (tertiary/aromatic N) is 3. The fourth-order valence-corrected chi connectivity index (χ4v) is 4.47. The molecule has 2 aliphatic heterocycles. The molecular weight excluding hydrogens is 334 g/mol. The van der Waals surface area contributed by atoms with E-state index in [1.54, 1.807) is 0 Å². The lowest BCUT2D eigenvalue weighted by Gasteiger charge is -2.38. The number of likely N-dealkylation sites (tertiary alicyclic amines) is 1. The minimum atomic E-state index is -0.362. The zero-order valence-electron chi connectivity index (χ0n) is 15.6. The van der Waals surface area contributed by atoms with Crippen molar-refractivity contribution in [1.29, 1.82) is 5.26 Å². The van der Waals surface area contributed by atoms with Crippen molar-refractivity contribution in [2.24, 2.45) is 5.92 Å². The Bertz CT molecular complexity index is 820. The Labute approximate surface area is 161 Å². The number of anilines is 1. The molecule has 2 aromatic rings. The Balaban J connectivity index is 1.36. The third-order valence-corrected chi connectivity index (χ3v) is 6.04. The summed E-state index contributed by atoms with van der Waals surface area (Å²) in [6.45, 7) is 3.56.